The van der Waals surface area contributed by atoms with E-state index in [1.165, 1.54) is 11.3 Å². The third-order valence-corrected chi connectivity index (χ3v) is 4.83. The molecule has 0 bridgehead atoms. The van der Waals surface area contributed by atoms with Gasteiger partial charge in [0.25, 0.3) is 5.91 Å². The van der Waals surface area contributed by atoms with Crippen LogP contribution in [-0.4, -0.2) is 38.1 Å². The Balaban J connectivity index is 1.74. The molecule has 2 heterocycles. The summed E-state index contributed by atoms with van der Waals surface area (Å²) in [7, 11) is 0. The number of thiophene rings is 1. The second-order valence-corrected chi connectivity index (χ2v) is 7.30. The molecule has 1 unspecified atom stereocenters. The Bertz CT molecular complexity index is 935. The lowest BCUT2D eigenvalue weighted by molar-refractivity contribution is -0.118. The molecule has 27 heavy (non-hydrogen) atoms. The Morgan fingerprint density at radius 2 is 2.00 bits per heavy atom. The number of hydrogen-bond donors (Lipinski definition) is 2. The van der Waals surface area contributed by atoms with E-state index >= 15 is 0 Å². The Kier molecular flexibility index (Phi) is 5.60. The van der Waals surface area contributed by atoms with E-state index in [4.69, 9.17) is 0 Å². The van der Waals surface area contributed by atoms with Crippen LogP contribution >= 0.6 is 11.3 Å². The second-order valence-electron chi connectivity index (χ2n) is 6.35. The molecular formula is C18H20N6O2S. The number of nitrogens with one attached hydrogen (secondary N) is 2. The third-order valence-electron chi connectivity index (χ3n) is 3.96. The molecule has 0 aliphatic rings. The minimum Gasteiger partial charge on any atom is -0.339 e. The molecule has 3 rings (SSSR count). The number of hydrogen-bond acceptors (Lipinski definition) is 6. The van der Waals surface area contributed by atoms with E-state index in [9.17, 15) is 9.59 Å². The number of aryl methyl sites for hydroxylation is 1. The standard InChI is InChI=1S/C18H20N6O2S/c1-11(2)16(20-17(25)15-8-5-9-27-15)18(26)19-13-6-4-7-14(10-13)24-12(3)21-22-23-24/h4-11,16H,1-3H3,(H,19,26)(H,20,25). The summed E-state index contributed by atoms with van der Waals surface area (Å²) in [6.07, 6.45) is 0. The van der Waals surface area contributed by atoms with Gasteiger partial charge < -0.3 is 10.6 Å². The summed E-state index contributed by atoms with van der Waals surface area (Å²) in [5.74, 6) is 0.0398. The number of nitrogens with zero attached hydrogens (tertiary/aromatic N) is 4. The molecule has 0 aliphatic heterocycles. The van der Waals surface area contributed by atoms with Gasteiger partial charge in [-0.2, -0.15) is 4.68 Å². The van der Waals surface area contributed by atoms with Crippen molar-refractivity contribution < 1.29 is 9.59 Å². The maximum atomic E-state index is 12.8. The van der Waals surface area contributed by atoms with Gasteiger partial charge in [-0.3, -0.25) is 9.59 Å². The third kappa shape index (κ3) is 4.37. The highest BCUT2D eigenvalue weighted by molar-refractivity contribution is 7.12. The van der Waals surface area contributed by atoms with Crippen LogP contribution in [0.1, 0.15) is 29.3 Å². The second kappa shape index (κ2) is 8.09. The number of aromatic nitrogens is 4. The molecule has 2 aromatic heterocycles. The molecule has 0 fully saturated rings. The molecular weight excluding hydrogens is 364 g/mol. The highest BCUT2D eigenvalue weighted by Gasteiger charge is 2.25. The van der Waals surface area contributed by atoms with E-state index in [2.05, 4.69) is 26.2 Å². The Labute approximate surface area is 160 Å². The van der Waals surface area contributed by atoms with Crippen molar-refractivity contribution in [3.05, 3.63) is 52.5 Å². The van der Waals surface area contributed by atoms with Crippen LogP contribution in [0.25, 0.3) is 5.69 Å². The molecule has 0 saturated heterocycles. The zero-order valence-corrected chi connectivity index (χ0v) is 16.0. The molecule has 0 aliphatic carbocycles. The van der Waals surface area contributed by atoms with Gasteiger partial charge in [0.1, 0.15) is 6.04 Å². The van der Waals surface area contributed by atoms with Gasteiger partial charge in [-0.15, -0.1) is 16.4 Å². The smallest absolute Gasteiger partial charge is 0.262 e. The van der Waals surface area contributed by atoms with Crippen molar-refractivity contribution in [3.8, 4) is 5.69 Å². The topological polar surface area (TPSA) is 102 Å². The molecule has 9 heteroatoms. The molecule has 1 atom stereocenters. The molecule has 140 valence electrons. The number of amides is 2. The van der Waals surface area contributed by atoms with Crippen LogP contribution < -0.4 is 10.6 Å². The lowest BCUT2D eigenvalue weighted by Gasteiger charge is -2.21. The Hall–Kier alpha value is -3.07. The van der Waals surface area contributed by atoms with Gasteiger partial charge in [0.2, 0.25) is 5.91 Å². The van der Waals surface area contributed by atoms with Crippen molar-refractivity contribution in [1.29, 1.82) is 0 Å². The van der Waals surface area contributed by atoms with Gasteiger partial charge in [-0.05, 0) is 52.9 Å². The van der Waals surface area contributed by atoms with E-state index < -0.39 is 6.04 Å². The number of carbonyl (C=O) groups excluding carboxylic acids is 2. The summed E-state index contributed by atoms with van der Waals surface area (Å²) in [6.45, 7) is 5.57. The van der Waals surface area contributed by atoms with Crippen LogP contribution in [0, 0.1) is 12.8 Å². The predicted octanol–water partition coefficient (Wildman–Crippen LogP) is 2.43. The highest BCUT2D eigenvalue weighted by Crippen LogP contribution is 2.16. The van der Waals surface area contributed by atoms with E-state index in [1.54, 1.807) is 41.9 Å². The average Bonchev–Trinajstić information content (AvgIpc) is 3.31. The molecule has 1 aromatic carbocycles. The number of anilines is 1. The first-order chi connectivity index (χ1) is 13.0. The fourth-order valence-electron chi connectivity index (χ4n) is 2.56. The molecule has 0 radical (unpaired) electrons. The number of rotatable bonds is 6. The van der Waals surface area contributed by atoms with Crippen LogP contribution in [0.3, 0.4) is 0 Å². The summed E-state index contributed by atoms with van der Waals surface area (Å²) in [6, 6.07) is 10.1. The van der Waals surface area contributed by atoms with Crippen LogP contribution in [0.15, 0.2) is 41.8 Å². The maximum absolute atomic E-state index is 12.8. The molecule has 0 spiro atoms. The van der Waals surface area contributed by atoms with Gasteiger partial charge >= 0.3 is 0 Å². The largest absolute Gasteiger partial charge is 0.339 e. The summed E-state index contributed by atoms with van der Waals surface area (Å²) in [5.41, 5.74) is 1.34. The van der Waals surface area contributed by atoms with Crippen molar-refractivity contribution >= 4 is 28.8 Å². The minimum atomic E-state index is -0.655. The van der Waals surface area contributed by atoms with Crippen molar-refractivity contribution in [2.45, 2.75) is 26.8 Å². The monoisotopic (exact) mass is 384 g/mol. The summed E-state index contributed by atoms with van der Waals surface area (Å²) in [4.78, 5) is 25.6. The SMILES string of the molecule is Cc1nnnn1-c1cccc(NC(=O)C(NC(=O)c2cccs2)C(C)C)c1. The molecule has 3 aromatic rings. The quantitative estimate of drug-likeness (QED) is 0.680. The highest BCUT2D eigenvalue weighted by atomic mass is 32.1. The van der Waals surface area contributed by atoms with E-state index in [0.29, 0.717) is 16.4 Å². The van der Waals surface area contributed by atoms with E-state index in [0.717, 1.165) is 5.69 Å². The first-order valence-electron chi connectivity index (χ1n) is 8.46. The lowest BCUT2D eigenvalue weighted by Crippen LogP contribution is -2.46. The van der Waals surface area contributed by atoms with Crippen molar-refractivity contribution in [2.24, 2.45) is 5.92 Å². The first-order valence-corrected chi connectivity index (χ1v) is 9.34. The van der Waals surface area contributed by atoms with Crippen LogP contribution in [0.2, 0.25) is 0 Å². The van der Waals surface area contributed by atoms with Crippen LogP contribution in [0.4, 0.5) is 5.69 Å². The molecule has 2 N–H and O–H groups in total. The predicted molar refractivity (Wildman–Crippen MR) is 103 cm³/mol. The molecule has 0 saturated carbocycles. The number of benzene rings is 1. The van der Waals surface area contributed by atoms with Gasteiger partial charge in [-0.1, -0.05) is 26.0 Å². The van der Waals surface area contributed by atoms with Gasteiger partial charge in [0, 0.05) is 5.69 Å². The maximum Gasteiger partial charge on any atom is 0.262 e. The Morgan fingerprint density at radius 3 is 2.63 bits per heavy atom. The first kappa shape index (κ1) is 18.7. The van der Waals surface area contributed by atoms with E-state index in [1.807, 2.05) is 25.3 Å². The van der Waals surface area contributed by atoms with Crippen molar-refractivity contribution in [3.63, 3.8) is 0 Å². The summed E-state index contributed by atoms with van der Waals surface area (Å²) in [5, 5.41) is 18.9. The Morgan fingerprint density at radius 1 is 1.19 bits per heavy atom. The zero-order chi connectivity index (χ0) is 19.4. The van der Waals surface area contributed by atoms with Crippen LogP contribution in [0.5, 0.6) is 0 Å². The average molecular weight is 384 g/mol. The summed E-state index contributed by atoms with van der Waals surface area (Å²) < 4.78 is 1.58. The zero-order valence-electron chi connectivity index (χ0n) is 15.2. The number of carbonyl (C=O) groups is 2. The number of tetrazole rings is 1. The van der Waals surface area contributed by atoms with Crippen molar-refractivity contribution in [2.75, 3.05) is 5.32 Å². The summed E-state index contributed by atoms with van der Waals surface area (Å²) >= 11 is 1.34. The minimum absolute atomic E-state index is 0.0705. The molecule has 2 amide bonds. The normalized spacial score (nSPS) is 12.0. The van der Waals surface area contributed by atoms with Gasteiger partial charge in [0.15, 0.2) is 5.82 Å². The van der Waals surface area contributed by atoms with Crippen molar-refractivity contribution in [1.82, 2.24) is 25.5 Å². The van der Waals surface area contributed by atoms with E-state index in [-0.39, 0.29) is 17.7 Å². The fraction of sp³-hybridized carbons (Fsp3) is 0.278. The lowest BCUT2D eigenvalue weighted by atomic mass is 10.0. The van der Waals surface area contributed by atoms with Crippen LogP contribution in [-0.2, 0) is 4.79 Å². The molecule has 8 nitrogen and oxygen atoms in total. The van der Waals surface area contributed by atoms with Gasteiger partial charge in [-0.25, -0.2) is 0 Å². The van der Waals surface area contributed by atoms with Gasteiger partial charge in [0.05, 0.1) is 10.6 Å². The fourth-order valence-corrected chi connectivity index (χ4v) is 3.19.